The molecule has 2 aromatic rings. The molecule has 1 aliphatic heterocycles. The number of ether oxygens (including phenoxy) is 2. The smallest absolute Gasteiger partial charge is 0.305 e. The second kappa shape index (κ2) is 5.96. The third-order valence-corrected chi connectivity index (χ3v) is 8.95. The highest BCUT2D eigenvalue weighted by Gasteiger charge is 2.54. The quantitative estimate of drug-likeness (QED) is 0.832. The highest BCUT2D eigenvalue weighted by molar-refractivity contribution is 8.00. The SMILES string of the molecule is COc1cc([C@@H]2c3sc(=O)[nH]c3S[C@@H]3[C@H]4CC[C@@H](C4)[C@@H]23)cc(OC)c1O. The number of hydrogen-bond donors (Lipinski definition) is 2. The van der Waals surface area contributed by atoms with Gasteiger partial charge in [-0.2, -0.15) is 0 Å². The number of thioether (sulfide) groups is 1. The minimum absolute atomic E-state index is 0.0116. The Balaban J connectivity index is 1.70. The first-order chi connectivity index (χ1) is 12.6. The predicted molar refractivity (Wildman–Crippen MR) is 102 cm³/mol. The van der Waals surface area contributed by atoms with Crippen molar-refractivity contribution in [2.24, 2.45) is 17.8 Å². The van der Waals surface area contributed by atoms with E-state index in [0.717, 1.165) is 21.4 Å². The van der Waals surface area contributed by atoms with Crippen molar-refractivity contribution < 1.29 is 14.6 Å². The average Bonchev–Trinajstić information content (AvgIpc) is 3.33. The molecule has 5 nitrogen and oxygen atoms in total. The Morgan fingerprint density at radius 1 is 1.15 bits per heavy atom. The van der Waals surface area contributed by atoms with E-state index in [9.17, 15) is 9.90 Å². The largest absolute Gasteiger partial charge is 0.502 e. The van der Waals surface area contributed by atoms with Gasteiger partial charge in [0, 0.05) is 16.0 Å². The van der Waals surface area contributed by atoms with Crippen LogP contribution in [0.3, 0.4) is 0 Å². The standard InChI is InChI=1S/C19H21NO4S2/c1-23-11-6-10(7-12(24-2)15(11)21)14-13-8-3-4-9(5-8)16(13)25-18-17(14)26-19(22)20-18/h6-9,13-14,16,21H,3-5H2,1-2H3,(H,20,22)/t8-,9-,13-,14-,16+/m0/s1. The summed E-state index contributed by atoms with van der Waals surface area (Å²) in [4.78, 5) is 16.3. The monoisotopic (exact) mass is 391 g/mol. The molecule has 2 heterocycles. The highest BCUT2D eigenvalue weighted by atomic mass is 32.2. The van der Waals surface area contributed by atoms with Crippen molar-refractivity contribution in [1.29, 1.82) is 0 Å². The minimum Gasteiger partial charge on any atom is -0.502 e. The van der Waals surface area contributed by atoms with Crippen molar-refractivity contribution in [2.75, 3.05) is 14.2 Å². The molecule has 0 amide bonds. The molecule has 5 atom stereocenters. The Kier molecular flexibility index (Phi) is 3.79. The van der Waals surface area contributed by atoms with Crippen LogP contribution < -0.4 is 14.3 Å². The molecule has 0 radical (unpaired) electrons. The summed E-state index contributed by atoms with van der Waals surface area (Å²) < 4.78 is 10.8. The van der Waals surface area contributed by atoms with Crippen LogP contribution in [0.5, 0.6) is 17.2 Å². The summed E-state index contributed by atoms with van der Waals surface area (Å²) in [5, 5.41) is 11.9. The molecule has 1 aromatic carbocycles. The molecule has 2 N–H and O–H groups in total. The van der Waals surface area contributed by atoms with E-state index in [1.807, 2.05) is 23.9 Å². The molecule has 5 rings (SSSR count). The summed E-state index contributed by atoms with van der Waals surface area (Å²) in [6.45, 7) is 0. The predicted octanol–water partition coefficient (Wildman–Crippen LogP) is 3.81. The normalized spacial score (nSPS) is 31.5. The fourth-order valence-electron chi connectivity index (χ4n) is 5.32. The van der Waals surface area contributed by atoms with Gasteiger partial charge in [-0.05, 0) is 54.7 Å². The third-order valence-electron chi connectivity index (χ3n) is 6.33. The van der Waals surface area contributed by atoms with Gasteiger partial charge < -0.3 is 19.6 Å². The maximum absolute atomic E-state index is 12.1. The van der Waals surface area contributed by atoms with Gasteiger partial charge in [0.25, 0.3) is 0 Å². The van der Waals surface area contributed by atoms with E-state index in [-0.39, 0.29) is 16.5 Å². The number of aromatic nitrogens is 1. The lowest BCUT2D eigenvalue weighted by Gasteiger charge is -2.40. The number of phenols is 1. The molecule has 7 heteroatoms. The van der Waals surface area contributed by atoms with Crippen molar-refractivity contribution in [2.45, 2.75) is 35.5 Å². The molecule has 2 fully saturated rings. The number of thiazole rings is 1. The van der Waals surface area contributed by atoms with E-state index in [2.05, 4.69) is 4.98 Å². The topological polar surface area (TPSA) is 71.6 Å². The van der Waals surface area contributed by atoms with E-state index >= 15 is 0 Å². The van der Waals surface area contributed by atoms with Crippen LogP contribution in [0.1, 0.15) is 35.6 Å². The highest BCUT2D eigenvalue weighted by Crippen LogP contribution is 2.64. The molecule has 0 spiro atoms. The molecule has 2 aliphatic carbocycles. The third kappa shape index (κ3) is 2.26. The fraction of sp³-hybridized carbons (Fsp3) is 0.526. The Morgan fingerprint density at radius 2 is 1.85 bits per heavy atom. The van der Waals surface area contributed by atoms with E-state index in [0.29, 0.717) is 28.6 Å². The van der Waals surface area contributed by atoms with Crippen molar-refractivity contribution in [3.05, 3.63) is 32.2 Å². The molecule has 0 saturated heterocycles. The Bertz CT molecular complexity index is 895. The lowest BCUT2D eigenvalue weighted by atomic mass is 9.75. The van der Waals surface area contributed by atoms with Gasteiger partial charge in [-0.3, -0.25) is 4.79 Å². The molecular weight excluding hydrogens is 370 g/mol. The summed E-state index contributed by atoms with van der Waals surface area (Å²) >= 11 is 3.20. The van der Waals surface area contributed by atoms with Crippen LogP contribution in [-0.2, 0) is 0 Å². The molecule has 3 aliphatic rings. The van der Waals surface area contributed by atoms with Crippen molar-refractivity contribution in [3.8, 4) is 17.2 Å². The second-order valence-electron chi connectivity index (χ2n) is 7.45. The van der Waals surface area contributed by atoms with Crippen LogP contribution in [0.25, 0.3) is 0 Å². The Morgan fingerprint density at radius 3 is 2.54 bits per heavy atom. The van der Waals surface area contributed by atoms with Crippen LogP contribution >= 0.6 is 23.1 Å². The number of aromatic hydroxyl groups is 1. The zero-order chi connectivity index (χ0) is 18.0. The number of nitrogens with one attached hydrogen (secondary N) is 1. The number of rotatable bonds is 3. The van der Waals surface area contributed by atoms with Crippen LogP contribution in [0, 0.1) is 17.8 Å². The number of phenolic OH excluding ortho intramolecular Hbond substituents is 1. The van der Waals surface area contributed by atoms with Gasteiger partial charge in [-0.25, -0.2) is 0 Å². The van der Waals surface area contributed by atoms with E-state index in [1.54, 1.807) is 14.2 Å². The molecule has 26 heavy (non-hydrogen) atoms. The first kappa shape index (κ1) is 16.6. The van der Waals surface area contributed by atoms with E-state index < -0.39 is 0 Å². The van der Waals surface area contributed by atoms with Crippen molar-refractivity contribution in [3.63, 3.8) is 0 Å². The van der Waals surface area contributed by atoms with Gasteiger partial charge in [0.15, 0.2) is 11.5 Å². The molecule has 2 bridgehead atoms. The van der Waals surface area contributed by atoms with Gasteiger partial charge in [-0.15, -0.1) is 11.8 Å². The summed E-state index contributed by atoms with van der Waals surface area (Å²) in [7, 11) is 3.10. The van der Waals surface area contributed by atoms with Gasteiger partial charge in [0.05, 0.1) is 19.2 Å². The molecular formula is C19H21NO4S2. The van der Waals surface area contributed by atoms with Gasteiger partial charge in [0.2, 0.25) is 5.75 Å². The van der Waals surface area contributed by atoms with Crippen molar-refractivity contribution >= 4 is 23.1 Å². The number of hydrogen-bond acceptors (Lipinski definition) is 6. The summed E-state index contributed by atoms with van der Waals surface area (Å²) in [5.41, 5.74) is 1.07. The maximum Gasteiger partial charge on any atom is 0.305 e. The lowest BCUT2D eigenvalue weighted by molar-refractivity contribution is 0.304. The number of H-pyrrole nitrogens is 1. The van der Waals surface area contributed by atoms with E-state index in [1.165, 1.54) is 30.6 Å². The number of fused-ring (bicyclic) bond motifs is 6. The van der Waals surface area contributed by atoms with Gasteiger partial charge in [-0.1, -0.05) is 11.3 Å². The average molecular weight is 392 g/mol. The minimum atomic E-state index is 0.0116. The molecule has 0 unspecified atom stereocenters. The molecule has 2 saturated carbocycles. The van der Waals surface area contributed by atoms with Crippen molar-refractivity contribution in [1.82, 2.24) is 4.98 Å². The zero-order valence-corrected chi connectivity index (χ0v) is 16.3. The molecule has 138 valence electrons. The second-order valence-corrected chi connectivity index (χ2v) is 9.66. The Hall–Kier alpha value is -1.60. The van der Waals surface area contributed by atoms with Crippen LogP contribution in [0.4, 0.5) is 0 Å². The Labute approximate surface area is 159 Å². The van der Waals surface area contributed by atoms with Crippen LogP contribution in [-0.4, -0.2) is 29.6 Å². The first-order valence-electron chi connectivity index (χ1n) is 8.95. The van der Waals surface area contributed by atoms with Gasteiger partial charge in [0.1, 0.15) is 0 Å². The molecule has 1 aromatic heterocycles. The fourth-order valence-corrected chi connectivity index (χ4v) is 8.21. The maximum atomic E-state index is 12.1. The van der Waals surface area contributed by atoms with Crippen LogP contribution in [0.2, 0.25) is 0 Å². The lowest BCUT2D eigenvalue weighted by Crippen LogP contribution is -2.33. The van der Waals surface area contributed by atoms with E-state index in [4.69, 9.17) is 9.47 Å². The summed E-state index contributed by atoms with van der Waals surface area (Å²) in [6.07, 6.45) is 3.88. The first-order valence-corrected chi connectivity index (χ1v) is 10.6. The zero-order valence-electron chi connectivity index (χ0n) is 14.7. The van der Waals surface area contributed by atoms with Crippen LogP contribution in [0.15, 0.2) is 22.0 Å². The number of methoxy groups -OCH3 is 2. The van der Waals surface area contributed by atoms with Gasteiger partial charge >= 0.3 is 4.87 Å². The summed E-state index contributed by atoms with van der Waals surface area (Å²) in [5.74, 6) is 2.99. The summed E-state index contributed by atoms with van der Waals surface area (Å²) in [6, 6.07) is 3.82. The number of benzene rings is 1. The number of aromatic amines is 1.